The third-order valence-corrected chi connectivity index (χ3v) is 5.36. The molecule has 1 spiro atoms. The standard InChI is InChI=1S/C16H26N2O/c1-3-15-17-12(2)11-18(15)14-10-13(19)6-9-16(14)7-4-5-8-16/h11,13-14,19H,3-10H2,1-2H3. The lowest BCUT2D eigenvalue weighted by Crippen LogP contribution is -2.38. The molecule has 106 valence electrons. The zero-order valence-electron chi connectivity index (χ0n) is 12.2. The monoisotopic (exact) mass is 262 g/mol. The second-order valence-corrected chi connectivity index (χ2v) is 6.57. The SMILES string of the molecule is CCc1nc(C)cn1C1CC(O)CCC12CCCC2. The van der Waals surface area contributed by atoms with Crippen LogP contribution in [-0.4, -0.2) is 20.8 Å². The summed E-state index contributed by atoms with van der Waals surface area (Å²) in [5.74, 6) is 1.20. The minimum absolute atomic E-state index is 0.122. The molecule has 2 aliphatic carbocycles. The van der Waals surface area contributed by atoms with Crippen LogP contribution in [-0.2, 0) is 6.42 Å². The largest absolute Gasteiger partial charge is 0.393 e. The molecule has 2 aliphatic rings. The van der Waals surface area contributed by atoms with Crippen LogP contribution >= 0.6 is 0 Å². The van der Waals surface area contributed by atoms with Crippen molar-refractivity contribution in [2.75, 3.05) is 0 Å². The van der Waals surface area contributed by atoms with Crippen molar-refractivity contribution in [2.45, 2.75) is 77.4 Å². The summed E-state index contributed by atoms with van der Waals surface area (Å²) in [6, 6.07) is 0.467. The fourth-order valence-corrected chi connectivity index (χ4v) is 4.41. The molecule has 1 aromatic rings. The summed E-state index contributed by atoms with van der Waals surface area (Å²) in [5.41, 5.74) is 1.56. The van der Waals surface area contributed by atoms with Crippen LogP contribution < -0.4 is 0 Å². The average molecular weight is 262 g/mol. The highest BCUT2D eigenvalue weighted by atomic mass is 16.3. The van der Waals surface area contributed by atoms with Gasteiger partial charge in [-0.05, 0) is 44.4 Å². The van der Waals surface area contributed by atoms with E-state index in [0.717, 1.165) is 25.0 Å². The third-order valence-electron chi connectivity index (χ3n) is 5.36. The molecule has 3 nitrogen and oxygen atoms in total. The first-order chi connectivity index (χ1) is 9.14. The Bertz CT molecular complexity index is 446. The lowest BCUT2D eigenvalue weighted by molar-refractivity contribution is 0.0164. The smallest absolute Gasteiger partial charge is 0.108 e. The van der Waals surface area contributed by atoms with Crippen LogP contribution in [0.15, 0.2) is 6.20 Å². The van der Waals surface area contributed by atoms with Gasteiger partial charge in [-0.15, -0.1) is 0 Å². The van der Waals surface area contributed by atoms with Crippen molar-refractivity contribution >= 4 is 0 Å². The van der Waals surface area contributed by atoms with Gasteiger partial charge in [-0.2, -0.15) is 0 Å². The van der Waals surface area contributed by atoms with E-state index in [0.29, 0.717) is 11.5 Å². The van der Waals surface area contributed by atoms with E-state index in [2.05, 4.69) is 29.6 Å². The van der Waals surface area contributed by atoms with Crippen LogP contribution in [0.25, 0.3) is 0 Å². The molecule has 0 amide bonds. The minimum Gasteiger partial charge on any atom is -0.393 e. The Labute approximate surface area is 116 Å². The summed E-state index contributed by atoms with van der Waals surface area (Å²) in [5, 5.41) is 10.1. The molecular formula is C16H26N2O. The summed E-state index contributed by atoms with van der Waals surface area (Å²) in [7, 11) is 0. The summed E-state index contributed by atoms with van der Waals surface area (Å²) in [4.78, 5) is 4.67. The summed E-state index contributed by atoms with van der Waals surface area (Å²) < 4.78 is 2.41. The number of nitrogens with zero attached hydrogens (tertiary/aromatic N) is 2. The fraction of sp³-hybridized carbons (Fsp3) is 0.812. The van der Waals surface area contributed by atoms with E-state index >= 15 is 0 Å². The number of rotatable bonds is 2. The lowest BCUT2D eigenvalue weighted by atomic mass is 9.68. The highest BCUT2D eigenvalue weighted by molar-refractivity contribution is 5.09. The Morgan fingerprint density at radius 1 is 1.37 bits per heavy atom. The molecule has 0 aliphatic heterocycles. The van der Waals surface area contributed by atoms with E-state index in [1.807, 2.05) is 0 Å². The molecule has 0 saturated heterocycles. The molecule has 19 heavy (non-hydrogen) atoms. The van der Waals surface area contributed by atoms with E-state index in [1.165, 1.54) is 37.9 Å². The molecular weight excluding hydrogens is 236 g/mol. The fourth-order valence-electron chi connectivity index (χ4n) is 4.41. The lowest BCUT2D eigenvalue weighted by Gasteiger charge is -2.44. The van der Waals surface area contributed by atoms with Crippen LogP contribution in [0.2, 0.25) is 0 Å². The molecule has 3 rings (SSSR count). The zero-order chi connectivity index (χ0) is 13.5. The number of hydrogen-bond donors (Lipinski definition) is 1. The first kappa shape index (κ1) is 13.2. The highest BCUT2D eigenvalue weighted by Gasteiger charge is 2.46. The molecule has 0 aromatic carbocycles. The average Bonchev–Trinajstić information content (AvgIpc) is 3.00. The first-order valence-corrected chi connectivity index (χ1v) is 7.87. The molecule has 1 N–H and O–H groups in total. The van der Waals surface area contributed by atoms with E-state index in [4.69, 9.17) is 0 Å². The van der Waals surface area contributed by atoms with Gasteiger partial charge in [0.25, 0.3) is 0 Å². The van der Waals surface area contributed by atoms with Gasteiger partial charge in [-0.3, -0.25) is 0 Å². The molecule has 2 fully saturated rings. The molecule has 0 bridgehead atoms. The summed E-state index contributed by atoms with van der Waals surface area (Å²) in [6.07, 6.45) is 11.6. The van der Waals surface area contributed by atoms with E-state index in [-0.39, 0.29) is 6.10 Å². The third kappa shape index (κ3) is 2.22. The minimum atomic E-state index is -0.122. The number of imidazole rings is 1. The van der Waals surface area contributed by atoms with E-state index < -0.39 is 0 Å². The van der Waals surface area contributed by atoms with Gasteiger partial charge in [0.1, 0.15) is 5.82 Å². The number of aliphatic hydroxyl groups is 1. The maximum atomic E-state index is 10.1. The van der Waals surface area contributed by atoms with Gasteiger partial charge in [-0.1, -0.05) is 19.8 Å². The topological polar surface area (TPSA) is 38.0 Å². The Kier molecular flexibility index (Phi) is 3.42. The second kappa shape index (κ2) is 4.93. The van der Waals surface area contributed by atoms with Crippen molar-refractivity contribution in [2.24, 2.45) is 5.41 Å². The van der Waals surface area contributed by atoms with Gasteiger partial charge < -0.3 is 9.67 Å². The van der Waals surface area contributed by atoms with Crippen LogP contribution in [0.5, 0.6) is 0 Å². The number of aromatic nitrogens is 2. The Morgan fingerprint density at radius 3 is 2.79 bits per heavy atom. The normalized spacial score (nSPS) is 30.1. The molecule has 2 unspecified atom stereocenters. The van der Waals surface area contributed by atoms with Gasteiger partial charge in [0.05, 0.1) is 11.8 Å². The Balaban J connectivity index is 1.98. The van der Waals surface area contributed by atoms with Crippen molar-refractivity contribution < 1.29 is 5.11 Å². The van der Waals surface area contributed by atoms with Gasteiger partial charge in [0.15, 0.2) is 0 Å². The molecule has 3 heteroatoms. The van der Waals surface area contributed by atoms with Gasteiger partial charge in [0.2, 0.25) is 0 Å². The van der Waals surface area contributed by atoms with Crippen LogP contribution in [0.3, 0.4) is 0 Å². The Hall–Kier alpha value is -0.830. The van der Waals surface area contributed by atoms with Crippen molar-refractivity contribution in [3.05, 3.63) is 17.7 Å². The maximum absolute atomic E-state index is 10.1. The molecule has 2 saturated carbocycles. The molecule has 1 heterocycles. The van der Waals surface area contributed by atoms with E-state index in [1.54, 1.807) is 0 Å². The highest BCUT2D eigenvalue weighted by Crippen LogP contribution is 2.55. The van der Waals surface area contributed by atoms with Gasteiger partial charge in [0, 0.05) is 18.7 Å². The van der Waals surface area contributed by atoms with Gasteiger partial charge >= 0.3 is 0 Å². The quantitative estimate of drug-likeness (QED) is 0.887. The van der Waals surface area contributed by atoms with E-state index in [9.17, 15) is 5.11 Å². The van der Waals surface area contributed by atoms with Crippen molar-refractivity contribution in [3.63, 3.8) is 0 Å². The predicted molar refractivity (Wildman–Crippen MR) is 76.1 cm³/mol. The number of aliphatic hydroxyl groups excluding tert-OH is 1. The summed E-state index contributed by atoms with van der Waals surface area (Å²) >= 11 is 0. The van der Waals surface area contributed by atoms with Crippen molar-refractivity contribution in [3.8, 4) is 0 Å². The maximum Gasteiger partial charge on any atom is 0.108 e. The molecule has 2 atom stereocenters. The Morgan fingerprint density at radius 2 is 2.11 bits per heavy atom. The second-order valence-electron chi connectivity index (χ2n) is 6.57. The van der Waals surface area contributed by atoms with Crippen LogP contribution in [0.1, 0.15) is 69.4 Å². The number of aryl methyl sites for hydroxylation is 2. The van der Waals surface area contributed by atoms with Gasteiger partial charge in [-0.25, -0.2) is 4.98 Å². The predicted octanol–water partition coefficient (Wildman–Crippen LogP) is 3.40. The number of hydrogen-bond acceptors (Lipinski definition) is 2. The van der Waals surface area contributed by atoms with Crippen LogP contribution in [0, 0.1) is 12.3 Å². The molecule has 1 aromatic heterocycles. The first-order valence-electron chi connectivity index (χ1n) is 7.87. The molecule has 0 radical (unpaired) electrons. The van der Waals surface area contributed by atoms with Crippen molar-refractivity contribution in [1.29, 1.82) is 0 Å². The van der Waals surface area contributed by atoms with Crippen LogP contribution in [0.4, 0.5) is 0 Å². The zero-order valence-corrected chi connectivity index (χ0v) is 12.2. The van der Waals surface area contributed by atoms with Crippen molar-refractivity contribution in [1.82, 2.24) is 9.55 Å². The summed E-state index contributed by atoms with van der Waals surface area (Å²) in [6.45, 7) is 4.26.